The molecule has 4 heteroatoms. The predicted octanol–water partition coefficient (Wildman–Crippen LogP) is 1.21. The molecule has 4 nitrogen and oxygen atoms in total. The van der Waals surface area contributed by atoms with Crippen LogP contribution in [0.2, 0.25) is 0 Å². The van der Waals surface area contributed by atoms with Crippen molar-refractivity contribution in [1.82, 2.24) is 10.2 Å². The zero-order valence-corrected chi connectivity index (χ0v) is 9.06. The van der Waals surface area contributed by atoms with E-state index in [1.807, 2.05) is 12.1 Å². The highest BCUT2D eigenvalue weighted by molar-refractivity contribution is 5.38. The molecule has 2 rings (SSSR count). The van der Waals surface area contributed by atoms with Crippen molar-refractivity contribution >= 4 is 5.82 Å². The van der Waals surface area contributed by atoms with Crippen LogP contribution in [-0.2, 0) is 6.61 Å². The quantitative estimate of drug-likeness (QED) is 0.809. The van der Waals surface area contributed by atoms with Crippen LogP contribution in [0.3, 0.4) is 0 Å². The van der Waals surface area contributed by atoms with Crippen LogP contribution in [0.25, 0.3) is 0 Å². The average Bonchev–Trinajstić information content (AvgIpc) is 2.78. The first-order chi connectivity index (χ1) is 7.33. The van der Waals surface area contributed by atoms with Crippen molar-refractivity contribution < 1.29 is 5.11 Å². The molecule has 0 aromatic carbocycles. The molecule has 1 aliphatic heterocycles. The summed E-state index contributed by atoms with van der Waals surface area (Å²) in [7, 11) is 0. The van der Waals surface area contributed by atoms with Crippen LogP contribution < -0.4 is 4.90 Å². The van der Waals surface area contributed by atoms with Gasteiger partial charge in [0, 0.05) is 13.1 Å². The van der Waals surface area contributed by atoms with Gasteiger partial charge in [-0.15, -0.1) is 5.10 Å². The molecule has 0 aliphatic carbocycles. The van der Waals surface area contributed by atoms with E-state index in [9.17, 15) is 0 Å². The van der Waals surface area contributed by atoms with Crippen LogP contribution in [0.4, 0.5) is 5.82 Å². The lowest BCUT2D eigenvalue weighted by Crippen LogP contribution is -2.21. The fourth-order valence-electron chi connectivity index (χ4n) is 1.98. The summed E-state index contributed by atoms with van der Waals surface area (Å²) in [5.41, 5.74) is 0.630. The molecule has 1 atom stereocenters. The standard InChI is InChI=1S/C11H17N3O/c1-2-9-5-6-14(7-9)11-4-3-10(8-15)12-13-11/h3-4,9,15H,2,5-8H2,1H3. The van der Waals surface area contributed by atoms with Crippen LogP contribution in [0, 0.1) is 5.92 Å². The number of aromatic nitrogens is 2. The van der Waals surface area contributed by atoms with Crippen molar-refractivity contribution in [2.24, 2.45) is 5.92 Å². The van der Waals surface area contributed by atoms with E-state index in [2.05, 4.69) is 22.0 Å². The van der Waals surface area contributed by atoms with E-state index < -0.39 is 0 Å². The summed E-state index contributed by atoms with van der Waals surface area (Å²) in [6.07, 6.45) is 2.48. The Labute approximate surface area is 89.9 Å². The predicted molar refractivity (Wildman–Crippen MR) is 58.6 cm³/mol. The topological polar surface area (TPSA) is 49.2 Å². The Morgan fingerprint density at radius 2 is 2.33 bits per heavy atom. The highest BCUT2D eigenvalue weighted by atomic mass is 16.3. The summed E-state index contributed by atoms with van der Waals surface area (Å²) in [5.74, 6) is 1.73. The van der Waals surface area contributed by atoms with Gasteiger partial charge < -0.3 is 10.0 Å². The van der Waals surface area contributed by atoms with Gasteiger partial charge in [-0.25, -0.2) is 0 Å². The van der Waals surface area contributed by atoms with Gasteiger partial charge in [-0.3, -0.25) is 0 Å². The minimum atomic E-state index is -0.0368. The van der Waals surface area contributed by atoms with Crippen molar-refractivity contribution in [3.63, 3.8) is 0 Å². The summed E-state index contributed by atoms with van der Waals surface area (Å²) < 4.78 is 0. The SMILES string of the molecule is CCC1CCN(c2ccc(CO)nn2)C1. The van der Waals surface area contributed by atoms with E-state index in [-0.39, 0.29) is 6.61 Å². The molecular formula is C11H17N3O. The Hall–Kier alpha value is -1.16. The van der Waals surface area contributed by atoms with Crippen LogP contribution in [-0.4, -0.2) is 28.4 Å². The van der Waals surface area contributed by atoms with Crippen LogP contribution >= 0.6 is 0 Å². The summed E-state index contributed by atoms with van der Waals surface area (Å²) in [6, 6.07) is 3.78. The normalized spacial score (nSPS) is 20.9. The van der Waals surface area contributed by atoms with Crippen molar-refractivity contribution in [3.8, 4) is 0 Å². The maximum absolute atomic E-state index is 8.86. The molecule has 1 aromatic rings. The average molecular weight is 207 g/mol. The molecule has 1 saturated heterocycles. The summed E-state index contributed by atoms with van der Waals surface area (Å²) in [6.45, 7) is 4.36. The van der Waals surface area contributed by atoms with E-state index in [0.29, 0.717) is 5.69 Å². The van der Waals surface area contributed by atoms with Crippen molar-refractivity contribution in [3.05, 3.63) is 17.8 Å². The minimum Gasteiger partial charge on any atom is -0.390 e. The van der Waals surface area contributed by atoms with Gasteiger partial charge in [-0.2, -0.15) is 5.10 Å². The van der Waals surface area contributed by atoms with E-state index in [1.165, 1.54) is 12.8 Å². The molecule has 1 N–H and O–H groups in total. The molecule has 82 valence electrons. The Kier molecular flexibility index (Phi) is 3.16. The molecule has 0 spiro atoms. The molecule has 2 heterocycles. The molecule has 1 aliphatic rings. The Morgan fingerprint density at radius 3 is 2.87 bits per heavy atom. The van der Waals surface area contributed by atoms with Gasteiger partial charge in [0.1, 0.15) is 0 Å². The first-order valence-corrected chi connectivity index (χ1v) is 5.52. The van der Waals surface area contributed by atoms with Crippen molar-refractivity contribution in [1.29, 1.82) is 0 Å². The third-order valence-electron chi connectivity index (χ3n) is 3.05. The molecule has 0 saturated carbocycles. The van der Waals surface area contributed by atoms with Crippen LogP contribution in [0.1, 0.15) is 25.5 Å². The molecule has 1 fully saturated rings. The minimum absolute atomic E-state index is 0.0368. The number of hydrogen-bond acceptors (Lipinski definition) is 4. The number of hydrogen-bond donors (Lipinski definition) is 1. The Morgan fingerprint density at radius 1 is 1.47 bits per heavy atom. The first kappa shape index (κ1) is 10.4. The smallest absolute Gasteiger partial charge is 0.151 e. The van der Waals surface area contributed by atoms with E-state index in [1.54, 1.807) is 0 Å². The molecule has 0 radical (unpaired) electrons. The van der Waals surface area contributed by atoms with Gasteiger partial charge in [0.25, 0.3) is 0 Å². The number of nitrogens with zero attached hydrogens (tertiary/aromatic N) is 3. The van der Waals surface area contributed by atoms with Crippen LogP contribution in [0.5, 0.6) is 0 Å². The number of aliphatic hydroxyl groups is 1. The van der Waals surface area contributed by atoms with Gasteiger partial charge in [0.05, 0.1) is 12.3 Å². The molecule has 1 aromatic heterocycles. The third-order valence-corrected chi connectivity index (χ3v) is 3.05. The van der Waals surface area contributed by atoms with E-state index >= 15 is 0 Å². The third kappa shape index (κ3) is 2.26. The summed E-state index contributed by atoms with van der Waals surface area (Å²) in [5, 5.41) is 16.9. The van der Waals surface area contributed by atoms with Crippen molar-refractivity contribution in [2.75, 3.05) is 18.0 Å². The number of rotatable bonds is 3. The van der Waals surface area contributed by atoms with Gasteiger partial charge in [-0.1, -0.05) is 13.3 Å². The zero-order chi connectivity index (χ0) is 10.7. The fraction of sp³-hybridized carbons (Fsp3) is 0.636. The molecule has 0 bridgehead atoms. The van der Waals surface area contributed by atoms with Gasteiger partial charge in [0.15, 0.2) is 5.82 Å². The highest BCUT2D eigenvalue weighted by Crippen LogP contribution is 2.23. The lowest BCUT2D eigenvalue weighted by atomic mass is 10.1. The second-order valence-electron chi connectivity index (χ2n) is 4.05. The lowest BCUT2D eigenvalue weighted by molar-refractivity contribution is 0.275. The second kappa shape index (κ2) is 4.57. The monoisotopic (exact) mass is 207 g/mol. The van der Waals surface area contributed by atoms with Gasteiger partial charge in [0.2, 0.25) is 0 Å². The maximum Gasteiger partial charge on any atom is 0.151 e. The van der Waals surface area contributed by atoms with Gasteiger partial charge >= 0.3 is 0 Å². The zero-order valence-electron chi connectivity index (χ0n) is 9.06. The molecule has 1 unspecified atom stereocenters. The highest BCUT2D eigenvalue weighted by Gasteiger charge is 2.21. The lowest BCUT2D eigenvalue weighted by Gasteiger charge is -2.16. The Balaban J connectivity index is 2.04. The Bertz CT molecular complexity index is 312. The molecule has 15 heavy (non-hydrogen) atoms. The van der Waals surface area contributed by atoms with E-state index in [0.717, 1.165) is 24.8 Å². The first-order valence-electron chi connectivity index (χ1n) is 5.52. The van der Waals surface area contributed by atoms with Crippen LogP contribution in [0.15, 0.2) is 12.1 Å². The number of anilines is 1. The van der Waals surface area contributed by atoms with Gasteiger partial charge in [-0.05, 0) is 24.5 Å². The molecule has 0 amide bonds. The largest absolute Gasteiger partial charge is 0.390 e. The summed E-state index contributed by atoms with van der Waals surface area (Å²) >= 11 is 0. The van der Waals surface area contributed by atoms with E-state index in [4.69, 9.17) is 5.11 Å². The number of aliphatic hydroxyl groups excluding tert-OH is 1. The second-order valence-corrected chi connectivity index (χ2v) is 4.05. The maximum atomic E-state index is 8.86. The summed E-state index contributed by atoms with van der Waals surface area (Å²) in [4.78, 5) is 2.27. The fourth-order valence-corrected chi connectivity index (χ4v) is 1.98. The van der Waals surface area contributed by atoms with Crippen molar-refractivity contribution in [2.45, 2.75) is 26.4 Å². The molecular weight excluding hydrogens is 190 g/mol.